The van der Waals surface area contributed by atoms with Gasteiger partial charge in [-0.15, -0.1) is 11.3 Å². The normalized spacial score (nSPS) is 27.6. The van der Waals surface area contributed by atoms with Crippen LogP contribution < -0.4 is 11.1 Å². The number of aromatic nitrogens is 5. The number of aliphatic hydroxyl groups excluding tert-OH is 1. The SMILES string of the molecule is C[C@@H]([C@@H]1CCCN1C)n1ncc2c(N[C@H]3C[C@@H]3O)nc(-c3noc4c3CCC[C@@]43CCCc4sc(N)c(C#N)c43)nc21. The smallest absolute Gasteiger partial charge is 0.186 e. The summed E-state index contributed by atoms with van der Waals surface area (Å²) in [5.41, 5.74) is 10.0. The zero-order valence-electron chi connectivity index (χ0n) is 23.9. The van der Waals surface area contributed by atoms with Crippen LogP contribution in [0.4, 0.5) is 10.8 Å². The van der Waals surface area contributed by atoms with Crippen LogP contribution >= 0.6 is 11.3 Å². The summed E-state index contributed by atoms with van der Waals surface area (Å²) in [5.74, 6) is 2.00. The average Bonchev–Trinajstić information content (AvgIpc) is 3.47. The maximum Gasteiger partial charge on any atom is 0.186 e. The minimum atomic E-state index is -0.405. The summed E-state index contributed by atoms with van der Waals surface area (Å²) in [5, 5.41) is 34.5. The van der Waals surface area contributed by atoms with Gasteiger partial charge in [0.25, 0.3) is 0 Å². The first kappa shape index (κ1) is 26.1. The van der Waals surface area contributed by atoms with Crippen LogP contribution in [-0.4, -0.2) is 66.7 Å². The molecule has 0 radical (unpaired) electrons. The van der Waals surface area contributed by atoms with Crippen LogP contribution in [0.15, 0.2) is 10.7 Å². The largest absolute Gasteiger partial charge is 0.391 e. The first-order valence-electron chi connectivity index (χ1n) is 15.1. The summed E-state index contributed by atoms with van der Waals surface area (Å²) in [4.78, 5) is 13.7. The number of nitrogens with two attached hydrogens (primary N) is 1. The second kappa shape index (κ2) is 9.49. The van der Waals surface area contributed by atoms with Gasteiger partial charge in [0.1, 0.15) is 16.9 Å². The quantitative estimate of drug-likeness (QED) is 0.311. The Labute approximate surface area is 247 Å². The Morgan fingerprint density at radius 2 is 2.07 bits per heavy atom. The van der Waals surface area contributed by atoms with E-state index in [1.54, 1.807) is 11.3 Å². The number of nitrogen functional groups attached to an aromatic ring is 1. The molecule has 5 heterocycles. The van der Waals surface area contributed by atoms with Crippen molar-refractivity contribution in [3.05, 3.63) is 33.5 Å². The topological polar surface area (TPSA) is 155 Å². The van der Waals surface area contributed by atoms with E-state index in [9.17, 15) is 10.4 Å². The van der Waals surface area contributed by atoms with Crippen LogP contribution in [0.1, 0.15) is 85.2 Å². The lowest BCUT2D eigenvalue weighted by Gasteiger charge is -2.39. The Morgan fingerprint density at radius 1 is 1.26 bits per heavy atom. The predicted octanol–water partition coefficient (Wildman–Crippen LogP) is 4.16. The molecule has 0 amide bonds. The number of nitrogens with one attached hydrogen (secondary N) is 1. The monoisotopic (exact) mass is 585 g/mol. The van der Waals surface area contributed by atoms with Gasteiger partial charge in [-0.3, -0.25) is 0 Å². The first-order valence-corrected chi connectivity index (χ1v) is 15.9. The molecule has 0 bridgehead atoms. The van der Waals surface area contributed by atoms with E-state index >= 15 is 0 Å². The fraction of sp³-hybridized carbons (Fsp3) is 0.567. The zero-order valence-corrected chi connectivity index (χ0v) is 24.7. The second-order valence-corrected chi connectivity index (χ2v) is 13.7. The lowest BCUT2D eigenvalue weighted by molar-refractivity contribution is 0.232. The standard InChI is InChI=1S/C30H35N9O2S/c1-15(20-7-5-11-38(20)2)39-29-18(14-33-39)27(34-19-12-21(19)40)35-28(36-29)24-16-6-3-9-30(25(16)41-37-24)10-4-8-22-23(30)17(13-31)26(32)42-22/h14-15,19-21,40H,3-12,32H2,1-2H3,(H,34,35,36)/t15-,19-,20-,21-,30-/m0/s1. The van der Waals surface area contributed by atoms with E-state index in [1.807, 2.05) is 10.9 Å². The van der Waals surface area contributed by atoms with Gasteiger partial charge < -0.3 is 25.6 Å². The number of likely N-dealkylation sites (N-methyl/N-ethyl adjacent to an activating group) is 1. The third-order valence-corrected chi connectivity index (χ3v) is 11.2. The molecule has 11 nitrogen and oxygen atoms in total. The van der Waals surface area contributed by atoms with Crippen molar-refractivity contribution in [3.63, 3.8) is 0 Å². The molecule has 4 N–H and O–H groups in total. The van der Waals surface area contributed by atoms with E-state index in [-0.39, 0.29) is 18.2 Å². The Balaban J connectivity index is 1.27. The van der Waals surface area contributed by atoms with E-state index in [2.05, 4.69) is 35.4 Å². The summed E-state index contributed by atoms with van der Waals surface area (Å²) in [6, 6.07) is 2.86. The molecule has 1 aliphatic heterocycles. The molecule has 1 saturated heterocycles. The molecule has 3 aliphatic carbocycles. The van der Waals surface area contributed by atoms with Gasteiger partial charge in [0, 0.05) is 16.5 Å². The molecule has 12 heteroatoms. The molecular weight excluding hydrogens is 550 g/mol. The summed E-state index contributed by atoms with van der Waals surface area (Å²) >= 11 is 1.54. The van der Waals surface area contributed by atoms with E-state index in [4.69, 9.17) is 25.3 Å². The van der Waals surface area contributed by atoms with Crippen molar-refractivity contribution in [3.8, 4) is 17.6 Å². The Kier molecular flexibility index (Phi) is 5.90. The van der Waals surface area contributed by atoms with Crippen LogP contribution in [-0.2, 0) is 18.3 Å². The summed E-state index contributed by atoms with van der Waals surface area (Å²) < 4.78 is 8.28. The predicted molar refractivity (Wildman–Crippen MR) is 159 cm³/mol. The summed E-state index contributed by atoms with van der Waals surface area (Å²) in [6.07, 6.45) is 9.94. The molecular formula is C30H35N9O2S. The van der Waals surface area contributed by atoms with Crippen LogP contribution in [0, 0.1) is 11.3 Å². The third kappa shape index (κ3) is 3.76. The number of aryl methyl sites for hydroxylation is 1. The van der Waals surface area contributed by atoms with Crippen molar-refractivity contribution in [1.29, 1.82) is 5.26 Å². The first-order chi connectivity index (χ1) is 20.4. The van der Waals surface area contributed by atoms with Crippen LogP contribution in [0.25, 0.3) is 22.6 Å². The fourth-order valence-corrected chi connectivity index (χ4v) is 9.04. The van der Waals surface area contributed by atoms with Crippen molar-refractivity contribution >= 4 is 33.2 Å². The molecule has 5 atom stereocenters. The van der Waals surface area contributed by atoms with E-state index < -0.39 is 5.41 Å². The molecule has 0 unspecified atom stereocenters. The minimum Gasteiger partial charge on any atom is -0.391 e. The molecule has 8 rings (SSSR count). The number of hydrogen-bond donors (Lipinski definition) is 3. The maximum absolute atomic E-state index is 10.1. The molecule has 4 aliphatic rings. The van der Waals surface area contributed by atoms with Gasteiger partial charge in [-0.1, -0.05) is 5.16 Å². The highest BCUT2D eigenvalue weighted by atomic mass is 32.1. The van der Waals surface area contributed by atoms with Crippen molar-refractivity contribution in [2.24, 2.45) is 0 Å². The number of hydrogen-bond acceptors (Lipinski definition) is 11. The highest BCUT2D eigenvalue weighted by Crippen LogP contribution is 2.55. The van der Waals surface area contributed by atoms with E-state index in [0.717, 1.165) is 79.4 Å². The highest BCUT2D eigenvalue weighted by molar-refractivity contribution is 7.16. The number of anilines is 2. The fourth-order valence-electron chi connectivity index (χ4n) is 7.88. The molecule has 218 valence electrons. The van der Waals surface area contributed by atoms with Crippen molar-refractivity contribution < 1.29 is 9.63 Å². The van der Waals surface area contributed by atoms with Crippen molar-refractivity contribution in [2.75, 3.05) is 24.6 Å². The van der Waals surface area contributed by atoms with Gasteiger partial charge in [0.15, 0.2) is 22.9 Å². The van der Waals surface area contributed by atoms with Gasteiger partial charge >= 0.3 is 0 Å². The van der Waals surface area contributed by atoms with Crippen LogP contribution in [0.5, 0.6) is 0 Å². The number of nitrogens with zero attached hydrogens (tertiary/aromatic N) is 7. The summed E-state index contributed by atoms with van der Waals surface area (Å²) in [6.45, 7) is 3.29. The van der Waals surface area contributed by atoms with Gasteiger partial charge in [0.2, 0.25) is 0 Å². The molecule has 42 heavy (non-hydrogen) atoms. The lowest BCUT2D eigenvalue weighted by Crippen LogP contribution is -2.35. The van der Waals surface area contributed by atoms with Gasteiger partial charge in [-0.25, -0.2) is 14.6 Å². The summed E-state index contributed by atoms with van der Waals surface area (Å²) in [7, 11) is 2.18. The van der Waals surface area contributed by atoms with Gasteiger partial charge in [-0.2, -0.15) is 10.4 Å². The van der Waals surface area contributed by atoms with Gasteiger partial charge in [-0.05, 0) is 83.9 Å². The third-order valence-electron chi connectivity index (χ3n) is 10.1. The van der Waals surface area contributed by atoms with Crippen molar-refractivity contribution in [1.82, 2.24) is 29.8 Å². The van der Waals surface area contributed by atoms with Crippen LogP contribution in [0.2, 0.25) is 0 Å². The van der Waals surface area contributed by atoms with E-state index in [0.29, 0.717) is 40.4 Å². The lowest BCUT2D eigenvalue weighted by atomic mass is 9.63. The second-order valence-electron chi connectivity index (χ2n) is 12.6. The average molecular weight is 586 g/mol. The molecule has 2 fully saturated rings. The molecule has 4 aromatic rings. The number of thiophene rings is 1. The highest BCUT2D eigenvalue weighted by Gasteiger charge is 2.49. The zero-order chi connectivity index (χ0) is 28.7. The van der Waals surface area contributed by atoms with E-state index in [1.165, 1.54) is 11.3 Å². The molecule has 1 spiro atoms. The number of likely N-dealkylation sites (tertiary alicyclic amines) is 1. The Bertz CT molecular complexity index is 1750. The number of fused-ring (bicyclic) bond motifs is 5. The Morgan fingerprint density at radius 3 is 2.81 bits per heavy atom. The molecule has 4 aromatic heterocycles. The van der Waals surface area contributed by atoms with Gasteiger partial charge in [0.05, 0.1) is 40.7 Å². The molecule has 1 saturated carbocycles. The van der Waals surface area contributed by atoms with Crippen molar-refractivity contribution in [2.45, 2.75) is 94.4 Å². The Hall–Kier alpha value is -3.53. The maximum atomic E-state index is 10.1. The molecule has 0 aromatic carbocycles. The van der Waals surface area contributed by atoms with Crippen LogP contribution in [0.3, 0.4) is 0 Å². The number of rotatable bonds is 5. The number of aliphatic hydroxyl groups is 1. The minimum absolute atomic E-state index is 0.0405. The number of nitriles is 1.